The van der Waals surface area contributed by atoms with Gasteiger partial charge in [-0.25, -0.2) is 0 Å². The van der Waals surface area contributed by atoms with E-state index in [2.05, 4.69) is 10.6 Å². The molecular formula is C11H17F3N2S. The standard InChI is InChI=1S/C11H17F3N2S/c12-11(13,14)10(6-7-10)16-9(17)15-8-4-2-1-3-5-8/h8H,1-7H2,(H2,15,16,17). The van der Waals surface area contributed by atoms with Crippen molar-refractivity contribution in [2.75, 3.05) is 0 Å². The molecule has 2 fully saturated rings. The van der Waals surface area contributed by atoms with Gasteiger partial charge in [0.2, 0.25) is 0 Å². The fourth-order valence-electron chi connectivity index (χ4n) is 2.29. The molecular weight excluding hydrogens is 249 g/mol. The first-order valence-corrected chi connectivity index (χ1v) is 6.49. The molecule has 98 valence electrons. The van der Waals surface area contributed by atoms with E-state index >= 15 is 0 Å². The van der Waals surface area contributed by atoms with E-state index in [4.69, 9.17) is 12.2 Å². The molecule has 0 amide bonds. The van der Waals surface area contributed by atoms with Gasteiger partial charge in [0.05, 0.1) is 0 Å². The fourth-order valence-corrected chi connectivity index (χ4v) is 2.65. The summed E-state index contributed by atoms with van der Waals surface area (Å²) in [6, 6.07) is 0.243. The van der Waals surface area contributed by atoms with E-state index in [1.165, 1.54) is 6.42 Å². The highest BCUT2D eigenvalue weighted by Gasteiger charge is 2.63. The summed E-state index contributed by atoms with van der Waals surface area (Å²) in [7, 11) is 0. The Morgan fingerprint density at radius 2 is 1.71 bits per heavy atom. The minimum absolute atomic E-state index is 0.128. The van der Waals surface area contributed by atoms with Gasteiger partial charge in [0, 0.05) is 6.04 Å². The quantitative estimate of drug-likeness (QED) is 0.752. The van der Waals surface area contributed by atoms with Crippen molar-refractivity contribution in [3.63, 3.8) is 0 Å². The minimum atomic E-state index is -4.20. The van der Waals surface area contributed by atoms with Crippen LogP contribution in [0.2, 0.25) is 0 Å². The molecule has 2 aliphatic carbocycles. The van der Waals surface area contributed by atoms with Crippen LogP contribution in [0, 0.1) is 0 Å². The average Bonchev–Trinajstić information content (AvgIpc) is 2.99. The zero-order valence-electron chi connectivity index (χ0n) is 9.57. The van der Waals surface area contributed by atoms with Crippen molar-refractivity contribution < 1.29 is 13.2 Å². The average molecular weight is 266 g/mol. The normalized spacial score (nSPS) is 24.2. The van der Waals surface area contributed by atoms with Gasteiger partial charge in [-0.05, 0) is 37.9 Å². The number of thiocarbonyl (C=S) groups is 1. The van der Waals surface area contributed by atoms with E-state index in [0.717, 1.165) is 25.7 Å². The lowest BCUT2D eigenvalue weighted by Crippen LogP contribution is -2.53. The molecule has 2 nitrogen and oxygen atoms in total. The van der Waals surface area contributed by atoms with Crippen LogP contribution >= 0.6 is 12.2 Å². The number of alkyl halides is 3. The Balaban J connectivity index is 1.81. The summed E-state index contributed by atoms with van der Waals surface area (Å²) in [5, 5.41) is 5.62. The van der Waals surface area contributed by atoms with Crippen LogP contribution in [0.1, 0.15) is 44.9 Å². The van der Waals surface area contributed by atoms with Crippen LogP contribution < -0.4 is 10.6 Å². The maximum absolute atomic E-state index is 12.7. The Kier molecular flexibility index (Phi) is 3.52. The first-order valence-electron chi connectivity index (χ1n) is 6.08. The first kappa shape index (κ1) is 12.9. The summed E-state index contributed by atoms with van der Waals surface area (Å²) < 4.78 is 38.1. The predicted octanol–water partition coefficient (Wildman–Crippen LogP) is 2.88. The molecule has 17 heavy (non-hydrogen) atoms. The lowest BCUT2D eigenvalue weighted by Gasteiger charge is -2.27. The van der Waals surface area contributed by atoms with Crippen molar-refractivity contribution in [2.45, 2.75) is 62.7 Å². The SMILES string of the molecule is FC(F)(F)C1(NC(=S)NC2CCCCC2)CC1. The molecule has 0 aliphatic heterocycles. The van der Waals surface area contributed by atoms with Gasteiger partial charge in [-0.1, -0.05) is 19.3 Å². The second-order valence-corrected chi connectivity index (χ2v) is 5.42. The van der Waals surface area contributed by atoms with Crippen molar-refractivity contribution in [2.24, 2.45) is 0 Å². The highest BCUT2D eigenvalue weighted by Crippen LogP contribution is 2.48. The molecule has 0 aromatic rings. The molecule has 0 atom stereocenters. The number of halogens is 3. The van der Waals surface area contributed by atoms with Gasteiger partial charge in [-0.3, -0.25) is 0 Å². The van der Waals surface area contributed by atoms with Gasteiger partial charge in [-0.2, -0.15) is 13.2 Å². The third-order valence-corrected chi connectivity index (χ3v) is 3.81. The highest BCUT2D eigenvalue weighted by atomic mass is 32.1. The van der Waals surface area contributed by atoms with Gasteiger partial charge in [0.1, 0.15) is 5.54 Å². The topological polar surface area (TPSA) is 24.1 Å². The maximum atomic E-state index is 12.7. The van der Waals surface area contributed by atoms with Crippen molar-refractivity contribution in [1.82, 2.24) is 10.6 Å². The molecule has 0 spiro atoms. The van der Waals surface area contributed by atoms with Gasteiger partial charge in [-0.15, -0.1) is 0 Å². The minimum Gasteiger partial charge on any atom is -0.360 e. The summed E-state index contributed by atoms with van der Waals surface area (Å²) in [6.07, 6.45) is 1.53. The lowest BCUT2D eigenvalue weighted by atomic mass is 9.96. The Hall–Kier alpha value is -0.520. The molecule has 0 saturated heterocycles. The fraction of sp³-hybridized carbons (Fsp3) is 0.909. The van der Waals surface area contributed by atoms with Crippen LogP contribution in [0.25, 0.3) is 0 Å². The van der Waals surface area contributed by atoms with E-state index in [1.807, 2.05) is 0 Å². The molecule has 0 unspecified atom stereocenters. The van der Waals surface area contributed by atoms with Crippen LogP contribution in [-0.4, -0.2) is 22.9 Å². The van der Waals surface area contributed by atoms with Crippen molar-refractivity contribution in [3.8, 4) is 0 Å². The maximum Gasteiger partial charge on any atom is 0.411 e. The summed E-state index contributed by atoms with van der Waals surface area (Å²) in [4.78, 5) is 0. The first-order chi connectivity index (χ1) is 7.93. The van der Waals surface area contributed by atoms with Gasteiger partial charge in [0.15, 0.2) is 5.11 Å². The number of hydrogen-bond donors (Lipinski definition) is 2. The van der Waals surface area contributed by atoms with Crippen molar-refractivity contribution in [1.29, 1.82) is 0 Å². The number of rotatable bonds is 2. The molecule has 2 rings (SSSR count). The second-order valence-electron chi connectivity index (χ2n) is 5.01. The third-order valence-electron chi connectivity index (χ3n) is 3.59. The van der Waals surface area contributed by atoms with Crippen LogP contribution in [0.5, 0.6) is 0 Å². The van der Waals surface area contributed by atoms with E-state index in [-0.39, 0.29) is 24.0 Å². The Labute approximate surface area is 104 Å². The zero-order chi connectivity index (χ0) is 12.5. The molecule has 2 N–H and O–H groups in total. The lowest BCUT2D eigenvalue weighted by molar-refractivity contribution is -0.161. The van der Waals surface area contributed by atoms with Crippen molar-refractivity contribution >= 4 is 17.3 Å². The smallest absolute Gasteiger partial charge is 0.360 e. The van der Waals surface area contributed by atoms with E-state index in [1.54, 1.807) is 0 Å². The van der Waals surface area contributed by atoms with E-state index in [0.29, 0.717) is 0 Å². The Morgan fingerprint density at radius 1 is 1.12 bits per heavy atom. The second kappa shape index (κ2) is 4.63. The van der Waals surface area contributed by atoms with Crippen LogP contribution in [0.4, 0.5) is 13.2 Å². The molecule has 0 aromatic carbocycles. The summed E-state index contributed by atoms with van der Waals surface area (Å²) in [6.45, 7) is 0. The Bertz CT molecular complexity index is 294. The van der Waals surface area contributed by atoms with Gasteiger partial charge < -0.3 is 10.6 Å². The molecule has 2 aliphatic rings. The summed E-state index contributed by atoms with van der Waals surface area (Å²) in [5.41, 5.74) is -1.74. The molecule has 6 heteroatoms. The van der Waals surface area contributed by atoms with Crippen LogP contribution in [0.3, 0.4) is 0 Å². The van der Waals surface area contributed by atoms with Crippen LogP contribution in [-0.2, 0) is 0 Å². The van der Waals surface area contributed by atoms with Gasteiger partial charge >= 0.3 is 6.18 Å². The predicted molar refractivity (Wildman–Crippen MR) is 63.8 cm³/mol. The molecule has 0 heterocycles. The third kappa shape index (κ3) is 3.03. The largest absolute Gasteiger partial charge is 0.411 e. The van der Waals surface area contributed by atoms with Gasteiger partial charge in [0.25, 0.3) is 0 Å². The highest BCUT2D eigenvalue weighted by molar-refractivity contribution is 7.80. The van der Waals surface area contributed by atoms with Crippen LogP contribution in [0.15, 0.2) is 0 Å². The van der Waals surface area contributed by atoms with E-state index in [9.17, 15) is 13.2 Å². The molecule has 0 aromatic heterocycles. The molecule has 0 bridgehead atoms. The zero-order valence-corrected chi connectivity index (χ0v) is 10.4. The molecule has 2 saturated carbocycles. The summed E-state index contributed by atoms with van der Waals surface area (Å²) in [5.74, 6) is 0. The number of nitrogens with one attached hydrogen (secondary N) is 2. The summed E-state index contributed by atoms with van der Waals surface area (Å²) >= 11 is 4.97. The van der Waals surface area contributed by atoms with Crippen molar-refractivity contribution in [3.05, 3.63) is 0 Å². The number of hydrogen-bond acceptors (Lipinski definition) is 1. The Morgan fingerprint density at radius 3 is 2.18 bits per heavy atom. The monoisotopic (exact) mass is 266 g/mol. The molecule has 0 radical (unpaired) electrons. The van der Waals surface area contributed by atoms with E-state index < -0.39 is 11.7 Å².